The van der Waals surface area contributed by atoms with Crippen LogP contribution in [-0.4, -0.2) is 29.1 Å². The number of rotatable bonds is 8. The molecular formula is C21H15BrN4O7. The number of halogens is 1. The van der Waals surface area contributed by atoms with Crippen molar-refractivity contribution in [1.29, 1.82) is 0 Å². The zero-order valence-electron chi connectivity index (χ0n) is 16.9. The molecule has 0 aliphatic carbocycles. The summed E-state index contributed by atoms with van der Waals surface area (Å²) in [6.45, 7) is 0. The van der Waals surface area contributed by atoms with Gasteiger partial charge in [0.15, 0.2) is 11.5 Å². The molecule has 0 bridgehead atoms. The van der Waals surface area contributed by atoms with E-state index in [4.69, 9.17) is 9.47 Å². The Hall–Kier alpha value is -4.32. The lowest BCUT2D eigenvalue weighted by molar-refractivity contribution is -0.394. The standard InChI is InChI=1S/C21H15BrN4O7/c1-32-20-10-13(12-23-24-21(27)15-4-2-3-5-16(15)22)6-8-19(20)33-18-9-7-14(25(28)29)11-17(18)26(30)31/h2-12H,1H3,(H,24,27)/b23-12-. The smallest absolute Gasteiger partial charge is 0.318 e. The maximum Gasteiger partial charge on any atom is 0.318 e. The molecular weight excluding hydrogens is 500 g/mol. The summed E-state index contributed by atoms with van der Waals surface area (Å²) in [6.07, 6.45) is 1.38. The zero-order valence-corrected chi connectivity index (χ0v) is 18.5. The van der Waals surface area contributed by atoms with Gasteiger partial charge in [-0.15, -0.1) is 0 Å². The van der Waals surface area contributed by atoms with Crippen molar-refractivity contribution >= 4 is 39.4 Å². The first-order valence-corrected chi connectivity index (χ1v) is 9.96. The number of benzene rings is 3. The van der Waals surface area contributed by atoms with Crippen LogP contribution in [0.4, 0.5) is 11.4 Å². The maximum atomic E-state index is 12.2. The molecule has 0 fully saturated rings. The van der Waals surface area contributed by atoms with Crippen molar-refractivity contribution in [1.82, 2.24) is 5.43 Å². The summed E-state index contributed by atoms with van der Waals surface area (Å²) in [5, 5.41) is 26.1. The fourth-order valence-corrected chi connectivity index (χ4v) is 3.15. The average molecular weight is 515 g/mol. The van der Waals surface area contributed by atoms with Crippen LogP contribution in [0, 0.1) is 20.2 Å². The summed E-state index contributed by atoms with van der Waals surface area (Å²) >= 11 is 3.29. The predicted octanol–water partition coefficient (Wildman–Crippen LogP) is 4.83. The fraction of sp³-hybridized carbons (Fsp3) is 0.0476. The minimum atomic E-state index is -0.774. The van der Waals surface area contributed by atoms with Crippen LogP contribution in [0.25, 0.3) is 0 Å². The van der Waals surface area contributed by atoms with Crippen molar-refractivity contribution in [2.75, 3.05) is 7.11 Å². The number of carbonyl (C=O) groups is 1. The normalized spacial score (nSPS) is 10.6. The third-order valence-electron chi connectivity index (χ3n) is 4.26. The average Bonchev–Trinajstić information content (AvgIpc) is 2.80. The Kier molecular flexibility index (Phi) is 7.31. The number of nitro benzene ring substituents is 2. The zero-order chi connectivity index (χ0) is 24.0. The highest BCUT2D eigenvalue weighted by Crippen LogP contribution is 2.38. The van der Waals surface area contributed by atoms with Gasteiger partial charge >= 0.3 is 5.69 Å². The SMILES string of the molecule is COc1cc(/C=N\NC(=O)c2ccccc2Br)ccc1Oc1ccc([N+](=O)[O-])cc1[N+](=O)[O-]. The van der Waals surface area contributed by atoms with Crippen molar-refractivity contribution in [2.24, 2.45) is 5.10 Å². The van der Waals surface area contributed by atoms with E-state index < -0.39 is 27.1 Å². The molecule has 0 saturated heterocycles. The summed E-state index contributed by atoms with van der Waals surface area (Å²) in [4.78, 5) is 32.9. The van der Waals surface area contributed by atoms with E-state index in [9.17, 15) is 25.0 Å². The van der Waals surface area contributed by atoms with Crippen molar-refractivity contribution in [3.05, 3.63) is 96.5 Å². The quantitative estimate of drug-likeness (QED) is 0.257. The number of non-ortho nitro benzene ring substituents is 1. The fourth-order valence-electron chi connectivity index (χ4n) is 2.69. The Morgan fingerprint density at radius 2 is 1.73 bits per heavy atom. The van der Waals surface area contributed by atoms with E-state index >= 15 is 0 Å². The molecule has 0 aliphatic rings. The Labute approximate surface area is 195 Å². The second-order valence-corrected chi connectivity index (χ2v) is 7.21. The first kappa shape index (κ1) is 23.3. The monoisotopic (exact) mass is 514 g/mol. The van der Waals surface area contributed by atoms with E-state index in [0.717, 1.165) is 18.2 Å². The molecule has 0 radical (unpaired) electrons. The Morgan fingerprint density at radius 3 is 2.39 bits per heavy atom. The minimum Gasteiger partial charge on any atom is -0.493 e. The van der Waals surface area contributed by atoms with Crippen molar-refractivity contribution in [3.8, 4) is 17.2 Å². The molecule has 0 spiro atoms. The van der Waals surface area contributed by atoms with Gasteiger partial charge in [0.2, 0.25) is 5.75 Å². The highest BCUT2D eigenvalue weighted by molar-refractivity contribution is 9.10. The van der Waals surface area contributed by atoms with Crippen LogP contribution in [0.2, 0.25) is 0 Å². The van der Waals surface area contributed by atoms with E-state index in [0.29, 0.717) is 15.6 Å². The topological polar surface area (TPSA) is 146 Å². The number of ether oxygens (including phenoxy) is 2. The van der Waals surface area contributed by atoms with Gasteiger partial charge in [0, 0.05) is 10.5 Å². The Morgan fingerprint density at radius 1 is 1.00 bits per heavy atom. The van der Waals surface area contributed by atoms with E-state index in [1.807, 2.05) is 0 Å². The minimum absolute atomic E-state index is 0.142. The molecule has 11 nitrogen and oxygen atoms in total. The second-order valence-electron chi connectivity index (χ2n) is 6.36. The lowest BCUT2D eigenvalue weighted by atomic mass is 10.2. The molecule has 168 valence electrons. The lowest BCUT2D eigenvalue weighted by Crippen LogP contribution is -2.18. The lowest BCUT2D eigenvalue weighted by Gasteiger charge is -2.11. The molecule has 0 aliphatic heterocycles. The van der Waals surface area contributed by atoms with E-state index in [-0.39, 0.29) is 17.2 Å². The van der Waals surface area contributed by atoms with Gasteiger partial charge in [-0.05, 0) is 57.9 Å². The highest BCUT2D eigenvalue weighted by Gasteiger charge is 2.22. The number of hydrogen-bond donors (Lipinski definition) is 1. The molecule has 3 aromatic carbocycles. The van der Waals surface area contributed by atoms with E-state index in [1.54, 1.807) is 36.4 Å². The van der Waals surface area contributed by atoms with Crippen molar-refractivity contribution in [2.45, 2.75) is 0 Å². The number of amides is 1. The third kappa shape index (κ3) is 5.68. The molecule has 1 N–H and O–H groups in total. The Bertz CT molecular complexity index is 1260. The number of nitrogens with one attached hydrogen (secondary N) is 1. The van der Waals surface area contributed by atoms with Crippen LogP contribution < -0.4 is 14.9 Å². The number of hydrogen-bond acceptors (Lipinski definition) is 8. The first-order chi connectivity index (χ1) is 15.8. The van der Waals surface area contributed by atoms with Crippen LogP contribution in [0.5, 0.6) is 17.2 Å². The predicted molar refractivity (Wildman–Crippen MR) is 122 cm³/mol. The maximum absolute atomic E-state index is 12.2. The van der Waals surface area contributed by atoms with Gasteiger partial charge in [-0.2, -0.15) is 5.10 Å². The van der Waals surface area contributed by atoms with Crippen molar-refractivity contribution < 1.29 is 24.1 Å². The summed E-state index contributed by atoms with van der Waals surface area (Å²) < 4.78 is 11.5. The van der Waals surface area contributed by atoms with Crippen LogP contribution in [0.1, 0.15) is 15.9 Å². The molecule has 0 aromatic heterocycles. The van der Waals surface area contributed by atoms with Crippen LogP contribution in [0.3, 0.4) is 0 Å². The second kappa shape index (κ2) is 10.3. The van der Waals surface area contributed by atoms with Gasteiger partial charge in [-0.25, -0.2) is 5.43 Å². The number of carbonyl (C=O) groups excluding carboxylic acids is 1. The van der Waals surface area contributed by atoms with Gasteiger partial charge in [-0.3, -0.25) is 25.0 Å². The van der Waals surface area contributed by atoms with Gasteiger partial charge < -0.3 is 9.47 Å². The molecule has 33 heavy (non-hydrogen) atoms. The van der Waals surface area contributed by atoms with Gasteiger partial charge in [0.1, 0.15) is 0 Å². The van der Waals surface area contributed by atoms with Crippen LogP contribution >= 0.6 is 15.9 Å². The molecule has 0 unspecified atom stereocenters. The number of hydrazone groups is 1. The molecule has 0 saturated carbocycles. The molecule has 0 heterocycles. The Balaban J connectivity index is 1.78. The van der Waals surface area contributed by atoms with Crippen LogP contribution in [-0.2, 0) is 0 Å². The summed E-state index contributed by atoms with van der Waals surface area (Å²) in [5.41, 5.74) is 2.38. The number of nitrogens with zero attached hydrogens (tertiary/aromatic N) is 3. The number of methoxy groups -OCH3 is 1. The molecule has 1 amide bonds. The van der Waals surface area contributed by atoms with E-state index in [1.165, 1.54) is 19.4 Å². The van der Waals surface area contributed by atoms with Gasteiger partial charge in [0.25, 0.3) is 11.6 Å². The van der Waals surface area contributed by atoms with E-state index in [2.05, 4.69) is 26.5 Å². The van der Waals surface area contributed by atoms with Crippen LogP contribution in [0.15, 0.2) is 70.2 Å². The van der Waals surface area contributed by atoms with Crippen molar-refractivity contribution in [3.63, 3.8) is 0 Å². The molecule has 3 rings (SSSR count). The summed E-state index contributed by atoms with van der Waals surface area (Å²) in [6, 6.07) is 14.6. The third-order valence-corrected chi connectivity index (χ3v) is 4.95. The van der Waals surface area contributed by atoms with Gasteiger partial charge in [0.05, 0.1) is 34.8 Å². The highest BCUT2D eigenvalue weighted by atomic mass is 79.9. The molecule has 12 heteroatoms. The summed E-state index contributed by atoms with van der Waals surface area (Å²) in [5.74, 6) is -0.227. The number of nitro groups is 2. The molecule has 0 atom stereocenters. The summed E-state index contributed by atoms with van der Waals surface area (Å²) in [7, 11) is 1.38. The van der Waals surface area contributed by atoms with Gasteiger partial charge in [-0.1, -0.05) is 12.1 Å². The first-order valence-electron chi connectivity index (χ1n) is 9.17. The largest absolute Gasteiger partial charge is 0.493 e. The molecule has 3 aromatic rings.